The molecule has 2 heterocycles. The number of fused-ring (bicyclic) bond motifs is 3. The molecule has 0 aliphatic heterocycles. The molecule has 0 unspecified atom stereocenters. The molecule has 2 N–H and O–H groups in total. The van der Waals surface area contributed by atoms with E-state index in [9.17, 15) is 4.79 Å². The van der Waals surface area contributed by atoms with E-state index < -0.39 is 5.54 Å². The van der Waals surface area contributed by atoms with Gasteiger partial charge in [-0.15, -0.1) is 0 Å². The van der Waals surface area contributed by atoms with Crippen molar-refractivity contribution in [1.29, 1.82) is 0 Å². The van der Waals surface area contributed by atoms with Crippen LogP contribution >= 0.6 is 23.2 Å². The van der Waals surface area contributed by atoms with Crippen molar-refractivity contribution in [1.82, 2.24) is 25.1 Å². The van der Waals surface area contributed by atoms with Crippen molar-refractivity contribution in [2.45, 2.75) is 45.6 Å². The molecule has 1 aliphatic rings. The molecule has 0 bridgehead atoms. The van der Waals surface area contributed by atoms with E-state index in [1.807, 2.05) is 0 Å². The molecule has 0 radical (unpaired) electrons. The molecule has 1 amide bonds. The third-order valence-electron chi connectivity index (χ3n) is 6.27. The van der Waals surface area contributed by atoms with Gasteiger partial charge in [-0.05, 0) is 63.3 Å². The van der Waals surface area contributed by atoms with E-state index in [-0.39, 0.29) is 21.5 Å². The smallest absolute Gasteiger partial charge is 0.254 e. The van der Waals surface area contributed by atoms with E-state index in [2.05, 4.69) is 52.4 Å². The Balaban J connectivity index is 1.43. The summed E-state index contributed by atoms with van der Waals surface area (Å²) in [6.45, 7) is 5.99. The second-order valence-electron chi connectivity index (χ2n) is 8.79. The molecule has 164 valence electrons. The first kappa shape index (κ1) is 21.0. The summed E-state index contributed by atoms with van der Waals surface area (Å²) in [5.74, 6) is 0.361. The van der Waals surface area contributed by atoms with Crippen LogP contribution in [0.15, 0.2) is 36.7 Å². The Morgan fingerprint density at radius 1 is 1.22 bits per heavy atom. The van der Waals surface area contributed by atoms with Gasteiger partial charge in [-0.3, -0.25) is 4.79 Å². The van der Waals surface area contributed by atoms with Crippen LogP contribution in [0.2, 0.25) is 10.0 Å². The van der Waals surface area contributed by atoms with Gasteiger partial charge in [0.1, 0.15) is 12.2 Å². The molecule has 8 heteroatoms. The standard InChI is InChI=1S/C24H23Cl2N5O/c1-13-5-4-6-16-17-11-24(3,8-7-20(17)28-22(13)16)29-23(32)21-18(25)9-15(10-19(21)26)31-12-27-14(2)30-31/h4-6,9-10,12,28H,7-8,11H2,1-3H3,(H,29,32)/t24-/m1/s1. The third-order valence-corrected chi connectivity index (χ3v) is 6.87. The van der Waals surface area contributed by atoms with Crippen LogP contribution in [-0.4, -0.2) is 31.2 Å². The number of hydrogen-bond acceptors (Lipinski definition) is 3. The largest absolute Gasteiger partial charge is 0.358 e. The number of rotatable bonds is 3. The summed E-state index contributed by atoms with van der Waals surface area (Å²) >= 11 is 13.0. The normalized spacial score (nSPS) is 18.0. The Labute approximate surface area is 195 Å². The predicted molar refractivity (Wildman–Crippen MR) is 127 cm³/mol. The molecule has 32 heavy (non-hydrogen) atoms. The zero-order chi connectivity index (χ0) is 22.6. The molecule has 2 aromatic carbocycles. The molecule has 2 aromatic heterocycles. The molecule has 0 fully saturated rings. The van der Waals surface area contributed by atoms with Gasteiger partial charge >= 0.3 is 0 Å². The van der Waals surface area contributed by atoms with E-state index in [4.69, 9.17) is 23.2 Å². The zero-order valence-electron chi connectivity index (χ0n) is 18.1. The molecule has 0 spiro atoms. The van der Waals surface area contributed by atoms with E-state index in [0.29, 0.717) is 11.5 Å². The maximum atomic E-state index is 13.3. The van der Waals surface area contributed by atoms with Crippen molar-refractivity contribution < 1.29 is 4.79 Å². The van der Waals surface area contributed by atoms with Gasteiger partial charge in [-0.2, -0.15) is 5.10 Å². The number of aromatic amines is 1. The monoisotopic (exact) mass is 467 g/mol. The highest BCUT2D eigenvalue weighted by molar-refractivity contribution is 6.40. The van der Waals surface area contributed by atoms with Crippen LogP contribution in [0, 0.1) is 13.8 Å². The van der Waals surface area contributed by atoms with Gasteiger partial charge in [-0.1, -0.05) is 41.4 Å². The second-order valence-corrected chi connectivity index (χ2v) is 9.61. The van der Waals surface area contributed by atoms with Crippen LogP contribution in [0.4, 0.5) is 0 Å². The number of amides is 1. The SMILES string of the molecule is Cc1ncn(-c2cc(Cl)c(C(=O)N[C@]3(C)CCc4[nH]c5c(C)cccc5c4C3)c(Cl)c2)n1. The van der Waals surface area contributed by atoms with Gasteiger partial charge in [0.2, 0.25) is 0 Å². The van der Waals surface area contributed by atoms with E-state index in [1.54, 1.807) is 30.1 Å². The van der Waals surface area contributed by atoms with Gasteiger partial charge in [0.25, 0.3) is 5.91 Å². The molecule has 5 rings (SSSR count). The maximum absolute atomic E-state index is 13.3. The van der Waals surface area contributed by atoms with Gasteiger partial charge in [0, 0.05) is 22.1 Å². The highest BCUT2D eigenvalue weighted by atomic mass is 35.5. The summed E-state index contributed by atoms with van der Waals surface area (Å²) in [5.41, 5.74) is 5.45. The van der Waals surface area contributed by atoms with Gasteiger partial charge in [0.15, 0.2) is 0 Å². The first-order valence-corrected chi connectivity index (χ1v) is 11.3. The Kier molecular flexibility index (Phi) is 5.02. The summed E-state index contributed by atoms with van der Waals surface area (Å²) in [7, 11) is 0. The highest BCUT2D eigenvalue weighted by Gasteiger charge is 2.34. The van der Waals surface area contributed by atoms with E-state index in [1.165, 1.54) is 27.7 Å². The predicted octanol–water partition coefficient (Wildman–Crippen LogP) is 5.35. The Morgan fingerprint density at radius 3 is 2.66 bits per heavy atom. The Bertz CT molecular complexity index is 1350. The number of para-hydroxylation sites is 1. The fraction of sp³-hybridized carbons (Fsp3) is 0.292. The minimum Gasteiger partial charge on any atom is -0.358 e. The lowest BCUT2D eigenvalue weighted by molar-refractivity contribution is 0.0898. The number of halogens is 2. The van der Waals surface area contributed by atoms with Crippen LogP contribution in [0.5, 0.6) is 0 Å². The third kappa shape index (κ3) is 3.57. The molecule has 1 aliphatic carbocycles. The number of H-pyrrole nitrogens is 1. The summed E-state index contributed by atoms with van der Waals surface area (Å²) < 4.78 is 1.58. The van der Waals surface area contributed by atoms with Crippen LogP contribution in [0.3, 0.4) is 0 Å². The van der Waals surface area contributed by atoms with Crippen LogP contribution in [0.1, 0.15) is 46.3 Å². The quantitative estimate of drug-likeness (QED) is 0.426. The number of carbonyl (C=O) groups excluding carboxylic acids is 1. The summed E-state index contributed by atoms with van der Waals surface area (Å²) in [5, 5.41) is 9.27. The maximum Gasteiger partial charge on any atom is 0.254 e. The minimum absolute atomic E-state index is 0.274. The number of benzene rings is 2. The fourth-order valence-corrected chi connectivity index (χ4v) is 5.24. The number of aryl methyl sites for hydroxylation is 3. The fourth-order valence-electron chi connectivity index (χ4n) is 4.59. The summed E-state index contributed by atoms with van der Waals surface area (Å²) in [6, 6.07) is 9.69. The summed E-state index contributed by atoms with van der Waals surface area (Å²) in [6.07, 6.45) is 4.01. The molecular weight excluding hydrogens is 445 g/mol. The van der Waals surface area contributed by atoms with Gasteiger partial charge in [0.05, 0.1) is 21.3 Å². The van der Waals surface area contributed by atoms with Crippen LogP contribution < -0.4 is 5.32 Å². The second kappa shape index (κ2) is 7.64. The van der Waals surface area contributed by atoms with Crippen LogP contribution in [0.25, 0.3) is 16.6 Å². The Hall–Kier alpha value is -2.83. The van der Waals surface area contributed by atoms with Gasteiger partial charge < -0.3 is 10.3 Å². The number of nitrogens with zero attached hydrogens (tertiary/aromatic N) is 3. The highest BCUT2D eigenvalue weighted by Crippen LogP contribution is 2.36. The zero-order valence-corrected chi connectivity index (χ0v) is 19.6. The number of aromatic nitrogens is 4. The molecular formula is C24H23Cl2N5O. The number of hydrogen-bond donors (Lipinski definition) is 2. The summed E-state index contributed by atoms with van der Waals surface area (Å²) in [4.78, 5) is 21.0. The van der Waals surface area contributed by atoms with Gasteiger partial charge in [-0.25, -0.2) is 9.67 Å². The van der Waals surface area contributed by atoms with Crippen molar-refractivity contribution in [3.05, 3.63) is 74.9 Å². The Morgan fingerprint density at radius 2 is 1.97 bits per heavy atom. The molecule has 0 saturated heterocycles. The average Bonchev–Trinajstić information content (AvgIpc) is 3.31. The van der Waals surface area contributed by atoms with Crippen molar-refractivity contribution >= 4 is 40.0 Å². The van der Waals surface area contributed by atoms with Crippen molar-refractivity contribution in [3.63, 3.8) is 0 Å². The number of nitrogens with one attached hydrogen (secondary N) is 2. The minimum atomic E-state index is -0.405. The lowest BCUT2D eigenvalue weighted by Gasteiger charge is -2.35. The molecule has 6 nitrogen and oxygen atoms in total. The first-order chi connectivity index (χ1) is 15.2. The first-order valence-electron chi connectivity index (χ1n) is 10.5. The topological polar surface area (TPSA) is 75.6 Å². The van der Waals surface area contributed by atoms with E-state index >= 15 is 0 Å². The van der Waals surface area contributed by atoms with Crippen molar-refractivity contribution in [2.75, 3.05) is 0 Å². The average molecular weight is 468 g/mol. The molecule has 4 aromatic rings. The van der Waals surface area contributed by atoms with Crippen molar-refractivity contribution in [3.8, 4) is 5.69 Å². The molecule has 0 saturated carbocycles. The van der Waals surface area contributed by atoms with E-state index in [0.717, 1.165) is 19.3 Å². The molecule has 1 atom stereocenters. The number of carbonyl (C=O) groups is 1. The lowest BCUT2D eigenvalue weighted by Crippen LogP contribution is -2.49. The van der Waals surface area contributed by atoms with Crippen LogP contribution in [-0.2, 0) is 12.8 Å². The van der Waals surface area contributed by atoms with Crippen molar-refractivity contribution in [2.24, 2.45) is 0 Å². The lowest BCUT2D eigenvalue weighted by atomic mass is 9.81.